The van der Waals surface area contributed by atoms with Crippen LogP contribution in [-0.2, 0) is 32.7 Å². The molecule has 2 atom stereocenters. The van der Waals surface area contributed by atoms with Gasteiger partial charge in [-0.1, -0.05) is 147 Å². The molecule has 0 radical (unpaired) electrons. The molecule has 0 saturated carbocycles. The number of phosphoric ester groups is 1. The van der Waals surface area contributed by atoms with Gasteiger partial charge in [-0.05, 0) is 44.9 Å². The maximum atomic E-state index is 12.6. The third-order valence-corrected chi connectivity index (χ3v) is 9.67. The number of hydrogen-bond donors (Lipinski definition) is 1. The van der Waals surface area contributed by atoms with Crippen LogP contribution in [0.5, 0.6) is 0 Å². The predicted molar refractivity (Wildman–Crippen MR) is 215 cm³/mol. The van der Waals surface area contributed by atoms with E-state index in [-0.39, 0.29) is 32.0 Å². The van der Waals surface area contributed by atoms with Crippen LogP contribution in [0, 0.1) is 0 Å². The molecule has 0 amide bonds. The molecule has 1 unspecified atom stereocenters. The van der Waals surface area contributed by atoms with Gasteiger partial charge in [0.1, 0.15) is 19.8 Å². The van der Waals surface area contributed by atoms with Gasteiger partial charge in [-0.15, -0.1) is 0 Å². The molecule has 1 N–H and O–H groups in total. The van der Waals surface area contributed by atoms with Crippen LogP contribution in [0.15, 0.2) is 36.5 Å². The fourth-order valence-electron chi connectivity index (χ4n) is 5.44. The maximum absolute atomic E-state index is 12.6. The molecular weight excluding hydrogens is 677 g/mol. The van der Waals surface area contributed by atoms with E-state index >= 15 is 0 Å². The van der Waals surface area contributed by atoms with Gasteiger partial charge in [0.15, 0.2) is 6.10 Å². The molecular formula is C42H79NO8P+. The highest BCUT2D eigenvalue weighted by Crippen LogP contribution is 2.43. The average Bonchev–Trinajstić information content (AvgIpc) is 3.09. The van der Waals surface area contributed by atoms with E-state index in [9.17, 15) is 19.0 Å². The van der Waals surface area contributed by atoms with Crippen LogP contribution in [-0.4, -0.2) is 74.9 Å². The molecule has 0 aromatic carbocycles. The second-order valence-electron chi connectivity index (χ2n) is 15.0. The zero-order valence-corrected chi connectivity index (χ0v) is 34.9. The van der Waals surface area contributed by atoms with Crippen molar-refractivity contribution in [2.75, 3.05) is 47.5 Å². The third kappa shape index (κ3) is 38.0. The molecule has 0 spiro atoms. The minimum Gasteiger partial charge on any atom is -0.462 e. The molecule has 0 fully saturated rings. The predicted octanol–water partition coefficient (Wildman–Crippen LogP) is 11.4. The standard InChI is InChI=1S/C42H78NO8P/c1-6-8-10-12-14-16-18-20-21-23-24-26-28-30-32-34-41(44)48-38-40(39-50-52(46,47)49-37-36-43(3,4)5)51-42(45)35-33-31-29-27-25-22-19-17-15-13-11-9-7-2/h8,10,14,16,20-21,40H,6-7,9,11-13,15,17-19,22-39H2,1-5H3/p+1/b10-8+,16-14+,21-20+/t40-/m1/s1. The zero-order chi connectivity index (χ0) is 38.6. The van der Waals surface area contributed by atoms with E-state index < -0.39 is 26.5 Å². The Hall–Kier alpha value is -1.77. The number of unbranched alkanes of at least 4 members (excludes halogenated alkanes) is 17. The molecule has 0 aliphatic rings. The number of carbonyl (C=O) groups is 2. The van der Waals surface area contributed by atoms with E-state index in [1.165, 1.54) is 64.2 Å². The molecule has 0 aliphatic heterocycles. The Kier molecular flexibility index (Phi) is 33.8. The summed E-state index contributed by atoms with van der Waals surface area (Å²) in [6, 6.07) is 0. The van der Waals surface area contributed by atoms with E-state index in [0.29, 0.717) is 17.4 Å². The molecule has 52 heavy (non-hydrogen) atoms. The summed E-state index contributed by atoms with van der Waals surface area (Å²) in [5.41, 5.74) is 0. The highest BCUT2D eigenvalue weighted by atomic mass is 31.2. The Balaban J connectivity index is 4.41. The van der Waals surface area contributed by atoms with Gasteiger partial charge < -0.3 is 18.9 Å². The summed E-state index contributed by atoms with van der Waals surface area (Å²) in [6.45, 7) is 4.28. The normalized spacial score (nSPS) is 14.0. The van der Waals surface area contributed by atoms with Gasteiger partial charge >= 0.3 is 19.8 Å². The molecule has 0 bridgehead atoms. The second kappa shape index (κ2) is 35.0. The first-order chi connectivity index (χ1) is 25.0. The Bertz CT molecular complexity index is 991. The van der Waals surface area contributed by atoms with Crippen molar-refractivity contribution in [3.63, 3.8) is 0 Å². The molecule has 0 rings (SSSR count). The fraction of sp³-hybridized carbons (Fsp3) is 0.810. The smallest absolute Gasteiger partial charge is 0.462 e. The van der Waals surface area contributed by atoms with E-state index in [0.717, 1.165) is 70.6 Å². The van der Waals surface area contributed by atoms with Gasteiger partial charge in [0.25, 0.3) is 0 Å². The highest BCUT2D eigenvalue weighted by molar-refractivity contribution is 7.47. The summed E-state index contributed by atoms with van der Waals surface area (Å²) in [5, 5.41) is 0. The largest absolute Gasteiger partial charge is 0.472 e. The molecule has 0 aromatic heterocycles. The lowest BCUT2D eigenvalue weighted by molar-refractivity contribution is -0.870. The van der Waals surface area contributed by atoms with E-state index in [1.807, 2.05) is 21.1 Å². The quantitative estimate of drug-likeness (QED) is 0.0219. The summed E-state index contributed by atoms with van der Waals surface area (Å²) in [5.74, 6) is -0.817. The van der Waals surface area contributed by atoms with Crippen LogP contribution in [0.2, 0.25) is 0 Å². The number of quaternary nitrogens is 1. The van der Waals surface area contributed by atoms with Crippen molar-refractivity contribution in [1.82, 2.24) is 0 Å². The molecule has 9 nitrogen and oxygen atoms in total. The minimum absolute atomic E-state index is 0.0293. The summed E-state index contributed by atoms with van der Waals surface area (Å²) in [4.78, 5) is 35.3. The van der Waals surface area contributed by atoms with E-state index in [1.54, 1.807) is 0 Å². The lowest BCUT2D eigenvalue weighted by Crippen LogP contribution is -2.37. The molecule has 304 valence electrons. The van der Waals surface area contributed by atoms with Crippen molar-refractivity contribution in [2.24, 2.45) is 0 Å². The van der Waals surface area contributed by atoms with Gasteiger partial charge in [-0.25, -0.2) is 4.57 Å². The van der Waals surface area contributed by atoms with Crippen LogP contribution in [0.25, 0.3) is 0 Å². The lowest BCUT2D eigenvalue weighted by atomic mass is 10.0. The van der Waals surface area contributed by atoms with Crippen LogP contribution in [0.4, 0.5) is 0 Å². The first kappa shape index (κ1) is 50.2. The number of nitrogens with zero attached hydrogens (tertiary/aromatic N) is 1. The zero-order valence-electron chi connectivity index (χ0n) is 34.0. The van der Waals surface area contributed by atoms with Gasteiger partial charge in [-0.3, -0.25) is 18.6 Å². The number of ether oxygens (including phenoxy) is 2. The average molecular weight is 757 g/mol. The number of esters is 2. The maximum Gasteiger partial charge on any atom is 0.472 e. The minimum atomic E-state index is -4.37. The van der Waals surface area contributed by atoms with Crippen LogP contribution >= 0.6 is 7.82 Å². The number of hydrogen-bond acceptors (Lipinski definition) is 7. The third-order valence-electron chi connectivity index (χ3n) is 8.68. The Morgan fingerprint density at radius 2 is 1.10 bits per heavy atom. The summed E-state index contributed by atoms with van der Waals surface area (Å²) in [7, 11) is 1.47. The molecule has 0 aliphatic carbocycles. The molecule has 10 heteroatoms. The lowest BCUT2D eigenvalue weighted by Gasteiger charge is -2.24. The number of phosphoric acid groups is 1. The van der Waals surface area contributed by atoms with Gasteiger partial charge in [0, 0.05) is 12.8 Å². The topological polar surface area (TPSA) is 108 Å². The van der Waals surface area contributed by atoms with Gasteiger partial charge in [0.2, 0.25) is 0 Å². The molecule has 0 heterocycles. The Morgan fingerprint density at radius 3 is 1.63 bits per heavy atom. The van der Waals surface area contributed by atoms with Crippen molar-refractivity contribution in [1.29, 1.82) is 0 Å². The number of likely N-dealkylation sites (N-methyl/N-ethyl adjacent to an activating group) is 1. The summed E-state index contributed by atoms with van der Waals surface area (Å²) >= 11 is 0. The van der Waals surface area contributed by atoms with E-state index in [4.69, 9.17) is 18.5 Å². The summed E-state index contributed by atoms with van der Waals surface area (Å²) in [6.07, 6.45) is 37.6. The first-order valence-electron chi connectivity index (χ1n) is 20.7. The number of allylic oxidation sites excluding steroid dienone is 6. The van der Waals surface area contributed by atoms with Crippen molar-refractivity contribution in [3.8, 4) is 0 Å². The monoisotopic (exact) mass is 757 g/mol. The van der Waals surface area contributed by atoms with E-state index in [2.05, 4.69) is 50.3 Å². The van der Waals surface area contributed by atoms with Crippen LogP contribution < -0.4 is 0 Å². The molecule has 0 saturated heterocycles. The summed E-state index contributed by atoms with van der Waals surface area (Å²) < 4.78 is 34.2. The van der Waals surface area contributed by atoms with Crippen molar-refractivity contribution >= 4 is 19.8 Å². The second-order valence-corrected chi connectivity index (χ2v) is 16.5. The Labute approximate surface area is 319 Å². The first-order valence-corrected chi connectivity index (χ1v) is 22.2. The van der Waals surface area contributed by atoms with Crippen molar-refractivity contribution in [3.05, 3.63) is 36.5 Å². The number of rotatable bonds is 37. The SMILES string of the molecule is CC/C=C/C/C=C/C/C=C/CCCCCCCC(=O)OC[C@H](COP(=O)(O)OCC[N+](C)(C)C)OC(=O)CCCCCCCCCCCCCCC. The highest BCUT2D eigenvalue weighted by Gasteiger charge is 2.27. The van der Waals surface area contributed by atoms with Crippen molar-refractivity contribution < 1.29 is 42.1 Å². The van der Waals surface area contributed by atoms with Crippen LogP contribution in [0.3, 0.4) is 0 Å². The van der Waals surface area contributed by atoms with Crippen LogP contribution in [0.1, 0.15) is 168 Å². The molecule has 0 aromatic rings. The van der Waals surface area contributed by atoms with Gasteiger partial charge in [0.05, 0.1) is 27.7 Å². The van der Waals surface area contributed by atoms with Crippen molar-refractivity contribution in [2.45, 2.75) is 174 Å². The fourth-order valence-corrected chi connectivity index (χ4v) is 6.18. The Morgan fingerprint density at radius 1 is 0.615 bits per heavy atom. The number of carbonyl (C=O) groups excluding carboxylic acids is 2. The van der Waals surface area contributed by atoms with Gasteiger partial charge in [-0.2, -0.15) is 0 Å².